The largest absolute Gasteiger partial charge is 0.472 e. The predicted molar refractivity (Wildman–Crippen MR) is 95.4 cm³/mol. The number of amides is 1. The standard InChI is InChI=1S/C19H22N4O2/c1-13(24)20-16-4-2-14(3-5-16)17-6-7-19(22-21-17)25-18-12-23-10-8-15(18)9-11-23/h2-7,15,18H,8-12H2,1H3,(H,20,24). The van der Waals surface area contributed by atoms with Crippen molar-refractivity contribution in [3.05, 3.63) is 36.4 Å². The zero-order chi connectivity index (χ0) is 17.2. The van der Waals surface area contributed by atoms with E-state index < -0.39 is 0 Å². The first-order valence-electron chi connectivity index (χ1n) is 8.78. The van der Waals surface area contributed by atoms with E-state index in [1.54, 1.807) is 0 Å². The van der Waals surface area contributed by atoms with E-state index in [-0.39, 0.29) is 12.0 Å². The van der Waals surface area contributed by atoms with E-state index in [2.05, 4.69) is 20.4 Å². The monoisotopic (exact) mass is 338 g/mol. The van der Waals surface area contributed by atoms with Gasteiger partial charge in [0.1, 0.15) is 6.10 Å². The average molecular weight is 338 g/mol. The Balaban J connectivity index is 1.42. The molecule has 1 amide bonds. The molecule has 2 aromatic rings. The van der Waals surface area contributed by atoms with E-state index in [1.807, 2.05) is 36.4 Å². The van der Waals surface area contributed by atoms with Crippen LogP contribution in [0.4, 0.5) is 5.69 Å². The maximum absolute atomic E-state index is 11.1. The van der Waals surface area contributed by atoms with Crippen LogP contribution in [0.25, 0.3) is 11.3 Å². The fourth-order valence-electron chi connectivity index (χ4n) is 3.66. The Labute approximate surface area is 147 Å². The smallest absolute Gasteiger partial charge is 0.233 e. The summed E-state index contributed by atoms with van der Waals surface area (Å²) in [5, 5.41) is 11.3. The molecule has 3 aliphatic rings. The highest BCUT2D eigenvalue weighted by Gasteiger charge is 2.35. The van der Waals surface area contributed by atoms with Crippen LogP contribution in [0.5, 0.6) is 5.88 Å². The Hall–Kier alpha value is -2.47. The van der Waals surface area contributed by atoms with Gasteiger partial charge in [0.2, 0.25) is 11.8 Å². The number of piperidine rings is 3. The van der Waals surface area contributed by atoms with Crippen molar-refractivity contribution in [3.63, 3.8) is 0 Å². The van der Waals surface area contributed by atoms with E-state index in [1.165, 1.54) is 32.9 Å². The van der Waals surface area contributed by atoms with Gasteiger partial charge in [0.05, 0.1) is 5.69 Å². The minimum absolute atomic E-state index is 0.0817. The second kappa shape index (κ2) is 6.80. The number of hydrogen-bond acceptors (Lipinski definition) is 5. The molecule has 0 radical (unpaired) electrons. The fraction of sp³-hybridized carbons (Fsp3) is 0.421. The first kappa shape index (κ1) is 16.0. The summed E-state index contributed by atoms with van der Waals surface area (Å²) in [6.45, 7) is 4.89. The molecule has 25 heavy (non-hydrogen) atoms. The van der Waals surface area contributed by atoms with Crippen molar-refractivity contribution in [3.8, 4) is 17.1 Å². The summed E-state index contributed by atoms with van der Waals surface area (Å²) in [5.41, 5.74) is 2.51. The molecule has 1 N–H and O–H groups in total. The fourth-order valence-corrected chi connectivity index (χ4v) is 3.66. The molecule has 0 aliphatic carbocycles. The Morgan fingerprint density at radius 2 is 1.88 bits per heavy atom. The number of nitrogens with zero attached hydrogens (tertiary/aromatic N) is 3. The van der Waals surface area contributed by atoms with Gasteiger partial charge in [-0.25, -0.2) is 0 Å². The summed E-state index contributed by atoms with van der Waals surface area (Å²) in [6, 6.07) is 11.4. The Morgan fingerprint density at radius 1 is 1.12 bits per heavy atom. The molecular formula is C19H22N4O2. The van der Waals surface area contributed by atoms with Gasteiger partial charge >= 0.3 is 0 Å². The summed E-state index contributed by atoms with van der Waals surface area (Å²) < 4.78 is 6.08. The number of anilines is 1. The number of nitrogens with one attached hydrogen (secondary N) is 1. The van der Waals surface area contributed by atoms with E-state index in [0.29, 0.717) is 11.8 Å². The number of benzene rings is 1. The van der Waals surface area contributed by atoms with Gasteiger partial charge in [-0.05, 0) is 50.0 Å². The maximum Gasteiger partial charge on any atom is 0.233 e. The number of ether oxygens (including phenoxy) is 1. The lowest BCUT2D eigenvalue weighted by atomic mass is 9.86. The van der Waals surface area contributed by atoms with Gasteiger partial charge in [-0.2, -0.15) is 0 Å². The quantitative estimate of drug-likeness (QED) is 0.928. The number of rotatable bonds is 4. The third-order valence-electron chi connectivity index (χ3n) is 5.01. The van der Waals surface area contributed by atoms with Crippen molar-refractivity contribution in [2.24, 2.45) is 5.92 Å². The van der Waals surface area contributed by atoms with Crippen LogP contribution in [0.1, 0.15) is 19.8 Å². The summed E-state index contributed by atoms with van der Waals surface area (Å²) >= 11 is 0. The molecule has 1 unspecified atom stereocenters. The van der Waals surface area contributed by atoms with Crippen LogP contribution in [0.15, 0.2) is 36.4 Å². The highest BCUT2D eigenvalue weighted by molar-refractivity contribution is 5.88. The lowest BCUT2D eigenvalue weighted by Crippen LogP contribution is -2.52. The summed E-state index contributed by atoms with van der Waals surface area (Å²) in [4.78, 5) is 13.5. The third kappa shape index (κ3) is 3.64. The van der Waals surface area contributed by atoms with Crippen LogP contribution in [0.3, 0.4) is 0 Å². The minimum Gasteiger partial charge on any atom is -0.472 e. The topological polar surface area (TPSA) is 67.3 Å². The highest BCUT2D eigenvalue weighted by atomic mass is 16.5. The van der Waals surface area contributed by atoms with Gasteiger partial charge in [-0.1, -0.05) is 12.1 Å². The van der Waals surface area contributed by atoms with Gasteiger partial charge < -0.3 is 10.1 Å². The molecular weight excluding hydrogens is 316 g/mol. The normalized spacial score (nSPS) is 24.8. The Bertz CT molecular complexity index is 737. The van der Waals surface area contributed by atoms with Crippen LogP contribution < -0.4 is 10.1 Å². The molecule has 130 valence electrons. The molecule has 0 saturated carbocycles. The van der Waals surface area contributed by atoms with Crippen LogP contribution in [-0.4, -0.2) is 46.7 Å². The highest BCUT2D eigenvalue weighted by Crippen LogP contribution is 2.30. The van der Waals surface area contributed by atoms with Gasteiger partial charge in [-0.3, -0.25) is 9.69 Å². The Kier molecular flexibility index (Phi) is 4.36. The van der Waals surface area contributed by atoms with E-state index in [4.69, 9.17) is 4.74 Å². The van der Waals surface area contributed by atoms with Crippen molar-refractivity contribution in [2.45, 2.75) is 25.9 Å². The summed E-state index contributed by atoms with van der Waals surface area (Å²) in [6.07, 6.45) is 2.67. The van der Waals surface area contributed by atoms with Crippen molar-refractivity contribution in [2.75, 3.05) is 25.0 Å². The number of hydrogen-bond donors (Lipinski definition) is 1. The summed E-state index contributed by atoms with van der Waals surface area (Å²) in [5.74, 6) is 1.16. The molecule has 4 heterocycles. The molecule has 1 atom stereocenters. The first-order valence-corrected chi connectivity index (χ1v) is 8.78. The zero-order valence-corrected chi connectivity index (χ0v) is 14.3. The number of aromatic nitrogens is 2. The van der Waals surface area contributed by atoms with Crippen LogP contribution in [0, 0.1) is 5.92 Å². The molecule has 3 fully saturated rings. The second-order valence-electron chi connectivity index (χ2n) is 6.81. The van der Waals surface area contributed by atoms with E-state index in [9.17, 15) is 4.79 Å². The predicted octanol–water partition coefficient (Wildman–Crippen LogP) is 2.58. The second-order valence-corrected chi connectivity index (χ2v) is 6.81. The Morgan fingerprint density at radius 3 is 2.44 bits per heavy atom. The average Bonchev–Trinajstić information content (AvgIpc) is 2.64. The molecule has 1 aromatic carbocycles. The summed E-state index contributed by atoms with van der Waals surface area (Å²) in [7, 11) is 0. The molecule has 1 aromatic heterocycles. The van der Waals surface area contributed by atoms with Gasteiger partial charge in [0, 0.05) is 30.8 Å². The van der Waals surface area contributed by atoms with Gasteiger partial charge in [0.25, 0.3) is 0 Å². The molecule has 6 heteroatoms. The molecule has 2 bridgehead atoms. The maximum atomic E-state index is 11.1. The first-order chi connectivity index (χ1) is 12.2. The van der Waals surface area contributed by atoms with Crippen molar-refractivity contribution < 1.29 is 9.53 Å². The number of carbonyl (C=O) groups excluding carboxylic acids is 1. The lowest BCUT2D eigenvalue weighted by Gasteiger charge is -2.44. The third-order valence-corrected chi connectivity index (χ3v) is 5.01. The number of fused-ring (bicyclic) bond motifs is 3. The van der Waals surface area contributed by atoms with Crippen LogP contribution in [0.2, 0.25) is 0 Å². The van der Waals surface area contributed by atoms with Gasteiger partial charge in [-0.15, -0.1) is 10.2 Å². The molecule has 5 rings (SSSR count). The van der Waals surface area contributed by atoms with E-state index in [0.717, 1.165) is 23.5 Å². The van der Waals surface area contributed by atoms with Crippen molar-refractivity contribution in [1.82, 2.24) is 15.1 Å². The SMILES string of the molecule is CC(=O)Nc1ccc(-c2ccc(OC3CN4CCC3CC4)nn2)cc1. The number of carbonyl (C=O) groups is 1. The van der Waals surface area contributed by atoms with Crippen molar-refractivity contribution in [1.29, 1.82) is 0 Å². The molecule has 6 nitrogen and oxygen atoms in total. The zero-order valence-electron chi connectivity index (χ0n) is 14.3. The van der Waals surface area contributed by atoms with Crippen LogP contribution in [-0.2, 0) is 4.79 Å². The molecule has 3 aliphatic heterocycles. The van der Waals surface area contributed by atoms with Gasteiger partial charge in [0.15, 0.2) is 0 Å². The lowest BCUT2D eigenvalue weighted by molar-refractivity contribution is -0.114. The minimum atomic E-state index is -0.0817. The molecule has 3 saturated heterocycles. The van der Waals surface area contributed by atoms with Crippen LogP contribution >= 0.6 is 0 Å². The molecule has 0 spiro atoms. The van der Waals surface area contributed by atoms with E-state index >= 15 is 0 Å². The van der Waals surface area contributed by atoms with Crippen molar-refractivity contribution >= 4 is 11.6 Å².